The van der Waals surface area contributed by atoms with Gasteiger partial charge in [0, 0.05) is 14.8 Å². The molecule has 1 aliphatic heterocycles. The zero-order chi connectivity index (χ0) is 9.47. The molecular formula is C10H10Cl2S. The van der Waals surface area contributed by atoms with E-state index in [1.807, 2.05) is 30.0 Å². The second-order valence-electron chi connectivity index (χ2n) is 3.45. The van der Waals surface area contributed by atoms with Gasteiger partial charge in [-0.3, -0.25) is 0 Å². The second kappa shape index (κ2) is 3.38. The minimum absolute atomic E-state index is 0.224. The zero-order valence-corrected chi connectivity index (χ0v) is 9.64. The van der Waals surface area contributed by atoms with Crippen LogP contribution in [0.4, 0.5) is 0 Å². The van der Waals surface area contributed by atoms with E-state index in [2.05, 4.69) is 6.92 Å². The van der Waals surface area contributed by atoms with E-state index in [1.165, 1.54) is 17.7 Å². The smallest absolute Gasteiger partial charge is 0.0466 e. The maximum Gasteiger partial charge on any atom is 0.0466 e. The van der Waals surface area contributed by atoms with Crippen molar-refractivity contribution in [3.8, 4) is 0 Å². The average Bonchev–Trinajstić information content (AvgIpc) is 2.00. The quantitative estimate of drug-likeness (QED) is 0.695. The van der Waals surface area contributed by atoms with Gasteiger partial charge in [-0.15, -0.1) is 0 Å². The summed E-state index contributed by atoms with van der Waals surface area (Å²) >= 11 is 13.9. The van der Waals surface area contributed by atoms with Crippen molar-refractivity contribution in [3.05, 3.63) is 33.8 Å². The third-order valence-corrected chi connectivity index (χ3v) is 4.52. The summed E-state index contributed by atoms with van der Waals surface area (Å²) in [6.45, 7) is 2.23. The molecule has 1 atom stereocenters. The van der Waals surface area contributed by atoms with Crippen LogP contribution in [0.15, 0.2) is 18.2 Å². The van der Waals surface area contributed by atoms with Gasteiger partial charge in [-0.1, -0.05) is 29.3 Å². The molecule has 0 spiro atoms. The highest BCUT2D eigenvalue weighted by Gasteiger charge is 2.35. The molecule has 1 fully saturated rings. The average molecular weight is 233 g/mol. The van der Waals surface area contributed by atoms with E-state index in [9.17, 15) is 0 Å². The monoisotopic (exact) mass is 232 g/mol. The van der Waals surface area contributed by atoms with Gasteiger partial charge in [0.25, 0.3) is 0 Å². The predicted molar refractivity (Wildman–Crippen MR) is 60.9 cm³/mol. The first-order valence-electron chi connectivity index (χ1n) is 4.21. The molecule has 0 radical (unpaired) electrons. The molecule has 0 nitrogen and oxygen atoms in total. The van der Waals surface area contributed by atoms with Crippen LogP contribution < -0.4 is 0 Å². The lowest BCUT2D eigenvalue weighted by molar-refractivity contribution is 0.626. The van der Waals surface area contributed by atoms with Crippen LogP contribution in [-0.2, 0) is 4.75 Å². The topological polar surface area (TPSA) is 0 Å². The molecular weight excluding hydrogens is 223 g/mol. The molecule has 1 aromatic rings. The highest BCUT2D eigenvalue weighted by atomic mass is 35.5. The standard InChI is InChI=1S/C10H10Cl2S/c1-10(4-5-13-10)8-3-2-7(11)6-9(8)12/h2-3,6H,4-5H2,1H3. The van der Waals surface area contributed by atoms with Gasteiger partial charge in [0.2, 0.25) is 0 Å². The number of hydrogen-bond acceptors (Lipinski definition) is 1. The van der Waals surface area contributed by atoms with E-state index in [4.69, 9.17) is 23.2 Å². The molecule has 1 unspecified atom stereocenters. The van der Waals surface area contributed by atoms with Gasteiger partial charge in [0.1, 0.15) is 0 Å². The summed E-state index contributed by atoms with van der Waals surface area (Å²) in [5.74, 6) is 1.23. The van der Waals surface area contributed by atoms with E-state index >= 15 is 0 Å². The molecule has 1 saturated heterocycles. The number of thioether (sulfide) groups is 1. The van der Waals surface area contributed by atoms with Gasteiger partial charge in [0.15, 0.2) is 0 Å². The van der Waals surface area contributed by atoms with Gasteiger partial charge in [-0.05, 0) is 36.8 Å². The van der Waals surface area contributed by atoms with E-state index in [0.717, 1.165) is 5.02 Å². The summed E-state index contributed by atoms with van der Waals surface area (Å²) in [6, 6.07) is 5.77. The normalized spacial score (nSPS) is 27.0. The summed E-state index contributed by atoms with van der Waals surface area (Å²) in [5, 5.41) is 1.50. The molecule has 1 aromatic carbocycles. The van der Waals surface area contributed by atoms with E-state index < -0.39 is 0 Å². The molecule has 1 aliphatic rings. The Balaban J connectivity index is 2.40. The molecule has 0 bridgehead atoms. The maximum atomic E-state index is 6.13. The molecule has 70 valence electrons. The van der Waals surface area contributed by atoms with Crippen LogP contribution in [-0.4, -0.2) is 5.75 Å². The zero-order valence-electron chi connectivity index (χ0n) is 7.31. The Morgan fingerprint density at radius 1 is 1.38 bits per heavy atom. The van der Waals surface area contributed by atoms with Crippen molar-refractivity contribution in [1.82, 2.24) is 0 Å². The van der Waals surface area contributed by atoms with Crippen molar-refractivity contribution in [2.24, 2.45) is 0 Å². The van der Waals surface area contributed by atoms with Crippen LogP contribution in [0.1, 0.15) is 18.9 Å². The fourth-order valence-electron chi connectivity index (χ4n) is 1.54. The molecule has 13 heavy (non-hydrogen) atoms. The van der Waals surface area contributed by atoms with Gasteiger partial charge in [-0.25, -0.2) is 0 Å². The number of benzene rings is 1. The Morgan fingerprint density at radius 3 is 2.54 bits per heavy atom. The molecule has 3 heteroatoms. The Labute approximate surface area is 92.6 Å². The molecule has 2 rings (SSSR count). The molecule has 0 saturated carbocycles. The van der Waals surface area contributed by atoms with Gasteiger partial charge in [0.05, 0.1) is 0 Å². The number of rotatable bonds is 1. The van der Waals surface area contributed by atoms with Crippen molar-refractivity contribution in [3.63, 3.8) is 0 Å². The minimum atomic E-state index is 0.224. The summed E-state index contributed by atoms with van der Waals surface area (Å²) in [4.78, 5) is 0. The number of hydrogen-bond donors (Lipinski definition) is 0. The summed E-state index contributed by atoms with van der Waals surface area (Å²) in [6.07, 6.45) is 1.21. The van der Waals surface area contributed by atoms with Crippen molar-refractivity contribution in [2.45, 2.75) is 18.1 Å². The van der Waals surface area contributed by atoms with Crippen molar-refractivity contribution < 1.29 is 0 Å². The van der Waals surface area contributed by atoms with E-state index in [0.29, 0.717) is 5.02 Å². The van der Waals surface area contributed by atoms with Crippen LogP contribution in [0.3, 0.4) is 0 Å². The van der Waals surface area contributed by atoms with Crippen molar-refractivity contribution >= 4 is 35.0 Å². The first-order chi connectivity index (χ1) is 6.12. The van der Waals surface area contributed by atoms with Gasteiger partial charge in [-0.2, -0.15) is 11.8 Å². The minimum Gasteiger partial charge on any atom is -0.150 e. The largest absolute Gasteiger partial charge is 0.150 e. The van der Waals surface area contributed by atoms with Crippen molar-refractivity contribution in [2.75, 3.05) is 5.75 Å². The highest BCUT2D eigenvalue weighted by molar-refractivity contribution is 8.01. The maximum absolute atomic E-state index is 6.13. The van der Waals surface area contributed by atoms with Crippen LogP contribution in [0.2, 0.25) is 10.0 Å². The van der Waals surface area contributed by atoms with Crippen LogP contribution in [0.25, 0.3) is 0 Å². The van der Waals surface area contributed by atoms with Crippen molar-refractivity contribution in [1.29, 1.82) is 0 Å². The van der Waals surface area contributed by atoms with E-state index in [1.54, 1.807) is 0 Å². The Kier molecular flexibility index (Phi) is 2.52. The number of halogens is 2. The van der Waals surface area contributed by atoms with E-state index in [-0.39, 0.29) is 4.75 Å². The Hall–Kier alpha value is 0.150. The molecule has 0 aliphatic carbocycles. The molecule has 0 N–H and O–H groups in total. The van der Waals surface area contributed by atoms with Crippen LogP contribution in [0.5, 0.6) is 0 Å². The highest BCUT2D eigenvalue weighted by Crippen LogP contribution is 2.50. The molecule has 0 aromatic heterocycles. The first kappa shape index (κ1) is 9.70. The summed E-state index contributed by atoms with van der Waals surface area (Å²) in [5.41, 5.74) is 1.22. The lowest BCUT2D eigenvalue weighted by Gasteiger charge is -2.38. The SMILES string of the molecule is CC1(c2ccc(Cl)cc2Cl)CCS1. The fourth-order valence-corrected chi connectivity index (χ4v) is 3.36. The summed E-state index contributed by atoms with van der Waals surface area (Å²) in [7, 11) is 0. The van der Waals surface area contributed by atoms with Gasteiger partial charge >= 0.3 is 0 Å². The summed E-state index contributed by atoms with van der Waals surface area (Å²) < 4.78 is 0.224. The molecule has 0 amide bonds. The third kappa shape index (κ3) is 1.70. The lowest BCUT2D eigenvalue weighted by atomic mass is 9.96. The predicted octanol–water partition coefficient (Wildman–Crippen LogP) is 4.35. The second-order valence-corrected chi connectivity index (χ2v) is 5.90. The Bertz CT molecular complexity index is 332. The first-order valence-corrected chi connectivity index (χ1v) is 5.95. The molecule has 1 heterocycles. The van der Waals surface area contributed by atoms with Crippen LogP contribution >= 0.6 is 35.0 Å². The lowest BCUT2D eigenvalue weighted by Crippen LogP contribution is -2.28. The fraction of sp³-hybridized carbons (Fsp3) is 0.400. The Morgan fingerprint density at radius 2 is 2.08 bits per heavy atom. The van der Waals surface area contributed by atoms with Gasteiger partial charge < -0.3 is 0 Å². The van der Waals surface area contributed by atoms with Crippen LogP contribution in [0, 0.1) is 0 Å². The third-order valence-electron chi connectivity index (χ3n) is 2.50.